The molecule has 0 radical (unpaired) electrons. The number of aliphatic hydroxyl groups excluding tert-OH is 1. The molecule has 0 aromatic heterocycles. The van der Waals surface area contributed by atoms with Gasteiger partial charge in [-0.15, -0.1) is 0 Å². The van der Waals surface area contributed by atoms with Crippen molar-refractivity contribution in [2.24, 2.45) is 0 Å². The van der Waals surface area contributed by atoms with Gasteiger partial charge in [-0.25, -0.2) is 0 Å². The lowest BCUT2D eigenvalue weighted by Crippen LogP contribution is -2.49. The third kappa shape index (κ3) is 2.15. The third-order valence-corrected chi connectivity index (χ3v) is 2.42. The third-order valence-electron chi connectivity index (χ3n) is 2.42. The first-order valence-electron chi connectivity index (χ1n) is 4.13. The number of aliphatic hydroxyl groups is 1. The molecular formula is C8H17NO2. The summed E-state index contributed by atoms with van der Waals surface area (Å²) in [6.45, 7) is 1.66. The maximum absolute atomic E-state index is 9.29. The largest absolute Gasteiger partial charge is 0.391 e. The van der Waals surface area contributed by atoms with E-state index in [0.29, 0.717) is 6.04 Å². The fraction of sp³-hybridized carbons (Fsp3) is 1.00. The zero-order valence-corrected chi connectivity index (χ0v) is 7.29. The van der Waals surface area contributed by atoms with Crippen LogP contribution in [0, 0.1) is 0 Å². The predicted octanol–water partition coefficient (Wildman–Crippen LogP) is 0.0879. The highest BCUT2D eigenvalue weighted by Crippen LogP contribution is 2.23. The molecule has 2 atom stereocenters. The topological polar surface area (TPSA) is 32.7 Å². The van der Waals surface area contributed by atoms with E-state index in [1.807, 2.05) is 7.05 Å². The van der Waals surface area contributed by atoms with Gasteiger partial charge in [-0.2, -0.15) is 0 Å². The van der Waals surface area contributed by atoms with Gasteiger partial charge in [-0.3, -0.25) is 4.90 Å². The summed E-state index contributed by atoms with van der Waals surface area (Å²) < 4.78 is 4.94. The molecule has 0 bridgehead atoms. The Morgan fingerprint density at radius 3 is 2.64 bits per heavy atom. The number of ether oxygens (including phenoxy) is 1. The Morgan fingerprint density at radius 2 is 2.27 bits per heavy atom. The second kappa shape index (κ2) is 4.04. The Kier molecular flexibility index (Phi) is 3.30. The van der Waals surface area contributed by atoms with Crippen LogP contribution < -0.4 is 0 Å². The summed E-state index contributed by atoms with van der Waals surface area (Å²) in [6.07, 6.45) is 1.99. The Bertz CT molecular complexity index is 119. The van der Waals surface area contributed by atoms with Gasteiger partial charge < -0.3 is 9.84 Å². The second-order valence-corrected chi connectivity index (χ2v) is 3.19. The van der Waals surface area contributed by atoms with Gasteiger partial charge in [0.2, 0.25) is 0 Å². The Hall–Kier alpha value is -0.120. The van der Waals surface area contributed by atoms with Gasteiger partial charge in [0.1, 0.15) is 0 Å². The summed E-state index contributed by atoms with van der Waals surface area (Å²) in [5, 5.41) is 9.29. The minimum atomic E-state index is -0.100. The molecule has 1 saturated carbocycles. The molecule has 0 spiro atoms. The van der Waals surface area contributed by atoms with Crippen LogP contribution in [-0.4, -0.2) is 49.5 Å². The summed E-state index contributed by atoms with van der Waals surface area (Å²) in [5.41, 5.74) is 0. The number of rotatable bonds is 4. The van der Waals surface area contributed by atoms with E-state index in [1.54, 1.807) is 7.11 Å². The predicted molar refractivity (Wildman–Crippen MR) is 43.5 cm³/mol. The number of likely N-dealkylation sites (N-methyl/N-ethyl adjacent to an activating group) is 1. The Morgan fingerprint density at radius 1 is 1.55 bits per heavy atom. The number of methoxy groups -OCH3 is 1. The maximum atomic E-state index is 9.29. The molecule has 1 fully saturated rings. The average molecular weight is 159 g/mol. The quantitative estimate of drug-likeness (QED) is 0.631. The molecule has 0 aliphatic heterocycles. The van der Waals surface area contributed by atoms with Crippen LogP contribution in [0.25, 0.3) is 0 Å². The smallest absolute Gasteiger partial charge is 0.0695 e. The maximum Gasteiger partial charge on any atom is 0.0695 e. The molecule has 66 valence electrons. The molecule has 0 unspecified atom stereocenters. The van der Waals surface area contributed by atoms with E-state index in [-0.39, 0.29) is 6.10 Å². The summed E-state index contributed by atoms with van der Waals surface area (Å²) >= 11 is 0. The van der Waals surface area contributed by atoms with Gasteiger partial charge in [0.25, 0.3) is 0 Å². The summed E-state index contributed by atoms with van der Waals surface area (Å²) in [4.78, 5) is 2.16. The van der Waals surface area contributed by atoms with Crippen LogP contribution in [-0.2, 0) is 4.74 Å². The van der Waals surface area contributed by atoms with Gasteiger partial charge in [0.05, 0.1) is 12.7 Å². The molecule has 3 nitrogen and oxygen atoms in total. The van der Waals surface area contributed by atoms with Crippen molar-refractivity contribution in [1.82, 2.24) is 4.90 Å². The molecule has 11 heavy (non-hydrogen) atoms. The van der Waals surface area contributed by atoms with E-state index in [4.69, 9.17) is 4.74 Å². The first-order valence-corrected chi connectivity index (χ1v) is 4.13. The second-order valence-electron chi connectivity index (χ2n) is 3.19. The van der Waals surface area contributed by atoms with Crippen LogP contribution in [0.3, 0.4) is 0 Å². The Balaban J connectivity index is 2.13. The highest BCUT2D eigenvalue weighted by molar-refractivity contribution is 4.87. The van der Waals surface area contributed by atoms with E-state index in [1.165, 1.54) is 0 Å². The van der Waals surface area contributed by atoms with Gasteiger partial charge in [-0.1, -0.05) is 0 Å². The van der Waals surface area contributed by atoms with Crippen molar-refractivity contribution >= 4 is 0 Å². The summed E-state index contributed by atoms with van der Waals surface area (Å²) in [5.74, 6) is 0. The van der Waals surface area contributed by atoms with Crippen LogP contribution in [0.5, 0.6) is 0 Å². The van der Waals surface area contributed by atoms with Crippen molar-refractivity contribution in [3.8, 4) is 0 Å². The van der Waals surface area contributed by atoms with Gasteiger partial charge >= 0.3 is 0 Å². The normalized spacial score (nSPS) is 30.5. The molecule has 1 aliphatic rings. The standard InChI is InChI=1S/C8H17NO2/c1-9(5-6-11-2)7-3-4-8(7)10/h7-8,10H,3-6H2,1-2H3/t7-,8-/m1/s1. The van der Waals surface area contributed by atoms with E-state index in [2.05, 4.69) is 4.90 Å². The molecule has 0 aromatic rings. The van der Waals surface area contributed by atoms with Crippen LogP contribution in [0.4, 0.5) is 0 Å². The van der Waals surface area contributed by atoms with Crippen molar-refractivity contribution in [1.29, 1.82) is 0 Å². The molecule has 1 aliphatic carbocycles. The molecule has 3 heteroatoms. The lowest BCUT2D eigenvalue weighted by molar-refractivity contribution is -0.0169. The van der Waals surface area contributed by atoms with Crippen LogP contribution in [0.2, 0.25) is 0 Å². The molecule has 1 N–H and O–H groups in total. The zero-order valence-electron chi connectivity index (χ0n) is 7.29. The average Bonchev–Trinajstić information content (AvgIpc) is 1.98. The fourth-order valence-electron chi connectivity index (χ4n) is 1.38. The van der Waals surface area contributed by atoms with Gasteiger partial charge in [0, 0.05) is 19.7 Å². The van der Waals surface area contributed by atoms with Gasteiger partial charge in [0.15, 0.2) is 0 Å². The highest BCUT2D eigenvalue weighted by Gasteiger charge is 2.31. The molecule has 0 amide bonds. The molecular weight excluding hydrogens is 142 g/mol. The monoisotopic (exact) mass is 159 g/mol. The number of nitrogens with zero attached hydrogens (tertiary/aromatic N) is 1. The lowest BCUT2D eigenvalue weighted by atomic mass is 9.88. The van der Waals surface area contributed by atoms with Crippen LogP contribution in [0.15, 0.2) is 0 Å². The highest BCUT2D eigenvalue weighted by atomic mass is 16.5. The number of hydrogen-bond donors (Lipinski definition) is 1. The van der Waals surface area contributed by atoms with E-state index >= 15 is 0 Å². The van der Waals surface area contributed by atoms with E-state index < -0.39 is 0 Å². The minimum Gasteiger partial charge on any atom is -0.391 e. The first kappa shape index (κ1) is 8.97. The molecule has 0 aromatic carbocycles. The summed E-state index contributed by atoms with van der Waals surface area (Å²) in [6, 6.07) is 0.380. The van der Waals surface area contributed by atoms with Crippen molar-refractivity contribution in [3.63, 3.8) is 0 Å². The van der Waals surface area contributed by atoms with Gasteiger partial charge in [-0.05, 0) is 19.9 Å². The first-order chi connectivity index (χ1) is 5.25. The number of hydrogen-bond acceptors (Lipinski definition) is 3. The van der Waals surface area contributed by atoms with E-state index in [9.17, 15) is 5.11 Å². The fourth-order valence-corrected chi connectivity index (χ4v) is 1.38. The minimum absolute atomic E-state index is 0.100. The van der Waals surface area contributed by atoms with Crippen molar-refractivity contribution < 1.29 is 9.84 Å². The van der Waals surface area contributed by atoms with Crippen molar-refractivity contribution in [2.45, 2.75) is 25.0 Å². The Labute approximate surface area is 68.0 Å². The van der Waals surface area contributed by atoms with Crippen molar-refractivity contribution in [2.75, 3.05) is 27.3 Å². The molecule has 0 saturated heterocycles. The summed E-state index contributed by atoms with van der Waals surface area (Å²) in [7, 11) is 3.73. The SMILES string of the molecule is COCCN(C)[C@@H]1CC[C@H]1O. The van der Waals surface area contributed by atoms with Crippen molar-refractivity contribution in [3.05, 3.63) is 0 Å². The zero-order chi connectivity index (χ0) is 8.27. The van der Waals surface area contributed by atoms with E-state index in [0.717, 1.165) is 26.0 Å². The van der Waals surface area contributed by atoms with Crippen LogP contribution in [0.1, 0.15) is 12.8 Å². The molecule has 1 rings (SSSR count). The van der Waals surface area contributed by atoms with Crippen LogP contribution >= 0.6 is 0 Å². The molecule has 0 heterocycles. The lowest BCUT2D eigenvalue weighted by Gasteiger charge is -2.39.